The van der Waals surface area contributed by atoms with Gasteiger partial charge in [-0.1, -0.05) is 6.08 Å². The van der Waals surface area contributed by atoms with Crippen molar-refractivity contribution in [1.82, 2.24) is 0 Å². The molecule has 0 aromatic carbocycles. The highest BCUT2D eigenvalue weighted by atomic mass is 32.1. The number of ether oxygens (including phenoxy) is 2. The summed E-state index contributed by atoms with van der Waals surface area (Å²) in [5, 5.41) is 2.01. The fourth-order valence-electron chi connectivity index (χ4n) is 1.87. The number of hydrogen-bond acceptors (Lipinski definition) is 4. The molecule has 0 spiro atoms. The molecular formula is C15H14O2S2. The molecule has 1 aliphatic heterocycles. The molecule has 19 heavy (non-hydrogen) atoms. The van der Waals surface area contributed by atoms with E-state index >= 15 is 0 Å². The third kappa shape index (κ3) is 2.74. The van der Waals surface area contributed by atoms with Gasteiger partial charge in [-0.2, -0.15) is 0 Å². The third-order valence-corrected chi connectivity index (χ3v) is 4.63. The lowest BCUT2D eigenvalue weighted by Gasteiger charge is -2.15. The molecule has 98 valence electrons. The number of thiophene rings is 2. The van der Waals surface area contributed by atoms with E-state index in [0.29, 0.717) is 13.2 Å². The molecule has 2 aromatic heterocycles. The third-order valence-electron chi connectivity index (χ3n) is 2.71. The lowest BCUT2D eigenvalue weighted by atomic mass is 10.3. The van der Waals surface area contributed by atoms with Crippen LogP contribution in [0.1, 0.15) is 21.6 Å². The smallest absolute Gasteiger partial charge is 0.179 e. The predicted molar refractivity (Wildman–Crippen MR) is 83.3 cm³/mol. The molecule has 0 saturated heterocycles. The van der Waals surface area contributed by atoms with E-state index in [2.05, 4.69) is 36.4 Å². The Kier molecular flexibility index (Phi) is 3.71. The molecule has 0 bridgehead atoms. The van der Waals surface area contributed by atoms with Gasteiger partial charge < -0.3 is 9.47 Å². The van der Waals surface area contributed by atoms with Crippen molar-refractivity contribution in [3.8, 4) is 11.5 Å². The molecule has 3 rings (SSSR count). The molecule has 0 unspecified atom stereocenters. The van der Waals surface area contributed by atoms with E-state index in [-0.39, 0.29) is 0 Å². The van der Waals surface area contributed by atoms with Crippen molar-refractivity contribution in [1.29, 1.82) is 0 Å². The van der Waals surface area contributed by atoms with Gasteiger partial charge in [0.25, 0.3) is 0 Å². The van der Waals surface area contributed by atoms with Crippen LogP contribution in [-0.4, -0.2) is 13.2 Å². The molecule has 0 aliphatic carbocycles. The van der Waals surface area contributed by atoms with E-state index in [1.807, 2.05) is 12.3 Å². The summed E-state index contributed by atoms with van der Waals surface area (Å²) in [5.41, 5.74) is 0. The minimum absolute atomic E-state index is 0.634. The Morgan fingerprint density at radius 2 is 1.84 bits per heavy atom. The van der Waals surface area contributed by atoms with Crippen molar-refractivity contribution in [3.05, 3.63) is 38.2 Å². The van der Waals surface area contributed by atoms with Crippen LogP contribution in [0.2, 0.25) is 0 Å². The van der Waals surface area contributed by atoms with Crippen LogP contribution in [0.4, 0.5) is 0 Å². The normalized spacial score (nSPS) is 14.6. The summed E-state index contributed by atoms with van der Waals surface area (Å²) in [6.07, 6.45) is 8.40. The Balaban J connectivity index is 1.80. The van der Waals surface area contributed by atoms with Gasteiger partial charge in [0.1, 0.15) is 13.2 Å². The van der Waals surface area contributed by atoms with E-state index in [4.69, 9.17) is 9.47 Å². The number of fused-ring (bicyclic) bond motifs is 1. The monoisotopic (exact) mass is 290 g/mol. The average molecular weight is 290 g/mol. The first kappa shape index (κ1) is 12.5. The molecule has 2 nitrogen and oxygen atoms in total. The minimum Gasteiger partial charge on any atom is -0.485 e. The summed E-state index contributed by atoms with van der Waals surface area (Å²) in [5.74, 6) is 1.76. The standard InChI is InChI=1S/C15H14O2S2/c1-2-3-11-4-5-12(19-11)6-7-14-15-13(10-18-14)16-8-9-17-15/h2-7,10H,8-9H2,1H3/b3-2+,7-6+. The van der Waals surface area contributed by atoms with E-state index in [9.17, 15) is 0 Å². The van der Waals surface area contributed by atoms with Crippen LogP contribution in [0.3, 0.4) is 0 Å². The Labute approximate surface area is 120 Å². The first-order valence-corrected chi connectivity index (χ1v) is 7.84. The van der Waals surface area contributed by atoms with E-state index in [1.54, 1.807) is 22.7 Å². The van der Waals surface area contributed by atoms with Gasteiger partial charge in [-0.15, -0.1) is 22.7 Å². The van der Waals surface area contributed by atoms with Crippen LogP contribution in [0.25, 0.3) is 18.2 Å². The molecular weight excluding hydrogens is 276 g/mol. The van der Waals surface area contributed by atoms with Crippen LogP contribution >= 0.6 is 22.7 Å². The zero-order chi connectivity index (χ0) is 13.1. The second-order valence-corrected chi connectivity index (χ2v) is 6.12. The second kappa shape index (κ2) is 5.63. The molecule has 4 heteroatoms. The summed E-state index contributed by atoms with van der Waals surface area (Å²) < 4.78 is 11.2. The van der Waals surface area contributed by atoms with Crippen LogP contribution in [0.5, 0.6) is 11.5 Å². The van der Waals surface area contributed by atoms with Crippen molar-refractivity contribution >= 4 is 40.9 Å². The summed E-state index contributed by atoms with van der Waals surface area (Å²) >= 11 is 3.43. The van der Waals surface area contributed by atoms with Crippen molar-refractivity contribution in [2.24, 2.45) is 0 Å². The Morgan fingerprint density at radius 1 is 1.05 bits per heavy atom. The van der Waals surface area contributed by atoms with Gasteiger partial charge in [0.15, 0.2) is 11.5 Å². The van der Waals surface area contributed by atoms with Crippen LogP contribution < -0.4 is 9.47 Å². The van der Waals surface area contributed by atoms with Crippen LogP contribution in [-0.2, 0) is 0 Å². The van der Waals surface area contributed by atoms with Crippen molar-refractivity contribution in [2.75, 3.05) is 13.2 Å². The fourth-order valence-corrected chi connectivity index (χ4v) is 3.57. The van der Waals surface area contributed by atoms with Gasteiger partial charge in [-0.25, -0.2) is 0 Å². The van der Waals surface area contributed by atoms with E-state index in [1.165, 1.54) is 9.75 Å². The van der Waals surface area contributed by atoms with E-state index in [0.717, 1.165) is 16.4 Å². The number of rotatable bonds is 3. The predicted octanol–water partition coefficient (Wildman–Crippen LogP) is 4.78. The number of allylic oxidation sites excluding steroid dienone is 1. The Hall–Kier alpha value is -1.52. The first-order valence-electron chi connectivity index (χ1n) is 6.14. The Bertz CT molecular complexity index is 620. The molecule has 0 N–H and O–H groups in total. The van der Waals surface area contributed by atoms with Gasteiger partial charge in [0.2, 0.25) is 0 Å². The SMILES string of the molecule is C/C=C/c1ccc(/C=C/c2scc3c2OCCO3)s1. The first-order chi connectivity index (χ1) is 9.36. The maximum atomic E-state index is 5.65. The zero-order valence-electron chi connectivity index (χ0n) is 10.6. The van der Waals surface area contributed by atoms with Crippen molar-refractivity contribution in [2.45, 2.75) is 6.92 Å². The van der Waals surface area contributed by atoms with Gasteiger partial charge in [-0.05, 0) is 37.3 Å². The summed E-state index contributed by atoms with van der Waals surface area (Å²) in [6.45, 7) is 3.31. The second-order valence-electron chi connectivity index (χ2n) is 4.06. The molecule has 0 radical (unpaired) electrons. The molecule has 3 heterocycles. The van der Waals surface area contributed by atoms with Gasteiger partial charge >= 0.3 is 0 Å². The largest absolute Gasteiger partial charge is 0.485 e. The van der Waals surface area contributed by atoms with Gasteiger partial charge in [0, 0.05) is 15.1 Å². The summed E-state index contributed by atoms with van der Waals surface area (Å²) in [7, 11) is 0. The molecule has 0 saturated carbocycles. The number of hydrogen-bond donors (Lipinski definition) is 0. The lowest BCUT2D eigenvalue weighted by Crippen LogP contribution is -2.14. The average Bonchev–Trinajstić information content (AvgIpc) is 3.04. The molecule has 2 aromatic rings. The van der Waals surface area contributed by atoms with Crippen LogP contribution in [0, 0.1) is 0 Å². The highest BCUT2D eigenvalue weighted by Gasteiger charge is 2.16. The van der Waals surface area contributed by atoms with Gasteiger partial charge in [0.05, 0.1) is 4.88 Å². The molecule has 0 amide bonds. The lowest BCUT2D eigenvalue weighted by molar-refractivity contribution is 0.173. The van der Waals surface area contributed by atoms with Crippen LogP contribution in [0.15, 0.2) is 23.6 Å². The maximum absolute atomic E-state index is 5.65. The zero-order valence-corrected chi connectivity index (χ0v) is 12.2. The fraction of sp³-hybridized carbons (Fsp3) is 0.200. The van der Waals surface area contributed by atoms with Crippen molar-refractivity contribution < 1.29 is 9.47 Å². The highest BCUT2D eigenvalue weighted by Crippen LogP contribution is 2.40. The molecule has 0 atom stereocenters. The summed E-state index contributed by atoms with van der Waals surface area (Å²) in [6, 6.07) is 4.27. The quantitative estimate of drug-likeness (QED) is 0.809. The topological polar surface area (TPSA) is 18.5 Å². The van der Waals surface area contributed by atoms with Gasteiger partial charge in [-0.3, -0.25) is 0 Å². The Morgan fingerprint density at radius 3 is 2.68 bits per heavy atom. The minimum atomic E-state index is 0.634. The maximum Gasteiger partial charge on any atom is 0.179 e. The molecule has 1 aliphatic rings. The highest BCUT2D eigenvalue weighted by molar-refractivity contribution is 7.14. The van der Waals surface area contributed by atoms with E-state index < -0.39 is 0 Å². The summed E-state index contributed by atoms with van der Waals surface area (Å²) in [4.78, 5) is 3.64. The van der Waals surface area contributed by atoms with Crippen molar-refractivity contribution in [3.63, 3.8) is 0 Å². The molecule has 0 fully saturated rings.